The first kappa shape index (κ1) is 12.8. The van der Waals surface area contributed by atoms with Crippen molar-refractivity contribution in [2.24, 2.45) is 0 Å². The smallest absolute Gasteiger partial charge is 0.266 e. The molecule has 2 N–H and O–H groups in total. The lowest BCUT2D eigenvalue weighted by molar-refractivity contribution is -0.114. The van der Waals surface area contributed by atoms with Gasteiger partial charge in [-0.15, -0.1) is 0 Å². The van der Waals surface area contributed by atoms with E-state index in [1.165, 1.54) is 11.8 Å². The van der Waals surface area contributed by atoms with Crippen molar-refractivity contribution >= 4 is 35.0 Å². The maximum atomic E-state index is 12.5. The first-order valence-corrected chi connectivity index (χ1v) is 7.36. The van der Waals surface area contributed by atoms with Gasteiger partial charge in [0.2, 0.25) is 0 Å². The molecule has 0 aromatic heterocycles. The van der Waals surface area contributed by atoms with Crippen LogP contribution >= 0.6 is 23.4 Å². The van der Waals surface area contributed by atoms with E-state index in [9.17, 15) is 4.79 Å². The van der Waals surface area contributed by atoms with Crippen LogP contribution in [0, 0.1) is 0 Å². The fourth-order valence-electron chi connectivity index (χ4n) is 2.29. The number of amides is 1. The van der Waals surface area contributed by atoms with E-state index >= 15 is 0 Å². The van der Waals surface area contributed by atoms with E-state index in [1.807, 2.05) is 31.3 Å². The van der Waals surface area contributed by atoms with Gasteiger partial charge in [-0.3, -0.25) is 10.1 Å². The number of hydrogen-bond donors (Lipinski definition) is 2. The molecule has 1 amide bonds. The van der Waals surface area contributed by atoms with Crippen molar-refractivity contribution in [3.8, 4) is 0 Å². The number of rotatable bonds is 2. The molecule has 1 aromatic carbocycles. The van der Waals surface area contributed by atoms with Crippen LogP contribution in [0.15, 0.2) is 34.9 Å². The number of thioether (sulfide) groups is 1. The minimum absolute atomic E-state index is 0.0320. The van der Waals surface area contributed by atoms with E-state index in [0.29, 0.717) is 11.6 Å². The number of anilines is 1. The van der Waals surface area contributed by atoms with Crippen molar-refractivity contribution in [3.05, 3.63) is 39.9 Å². The average Bonchev–Trinajstić information content (AvgIpc) is 2.85. The zero-order chi connectivity index (χ0) is 13.4. The lowest BCUT2D eigenvalue weighted by Gasteiger charge is -2.28. The van der Waals surface area contributed by atoms with Crippen LogP contribution in [0.4, 0.5) is 5.69 Å². The van der Waals surface area contributed by atoms with E-state index in [1.54, 1.807) is 4.90 Å². The summed E-state index contributed by atoms with van der Waals surface area (Å²) in [6.45, 7) is 0.658. The first-order chi connectivity index (χ1) is 9.20. The molecule has 2 aliphatic heterocycles. The van der Waals surface area contributed by atoms with Crippen LogP contribution in [0.2, 0.25) is 5.02 Å². The molecule has 0 spiro atoms. The second-order valence-electron chi connectivity index (χ2n) is 4.40. The van der Waals surface area contributed by atoms with Gasteiger partial charge in [-0.05, 0) is 19.2 Å². The topological polar surface area (TPSA) is 44.4 Å². The van der Waals surface area contributed by atoms with E-state index in [4.69, 9.17) is 11.6 Å². The lowest BCUT2D eigenvalue weighted by Crippen LogP contribution is -2.38. The summed E-state index contributed by atoms with van der Waals surface area (Å²) in [7, 11) is 1.87. The molecule has 0 radical (unpaired) electrons. The molecule has 19 heavy (non-hydrogen) atoms. The Morgan fingerprint density at radius 2 is 2.26 bits per heavy atom. The normalized spacial score (nSPS) is 22.5. The van der Waals surface area contributed by atoms with Gasteiger partial charge in [0, 0.05) is 18.7 Å². The minimum Gasteiger partial charge on any atom is -0.363 e. The first-order valence-electron chi connectivity index (χ1n) is 6.10. The maximum absolute atomic E-state index is 12.5. The maximum Gasteiger partial charge on any atom is 0.266 e. The number of nitrogens with one attached hydrogen (secondary N) is 2. The molecule has 100 valence electrons. The third-order valence-electron chi connectivity index (χ3n) is 3.25. The van der Waals surface area contributed by atoms with E-state index in [0.717, 1.165) is 22.7 Å². The lowest BCUT2D eigenvalue weighted by atomic mass is 10.1. The number of hydrogen-bond acceptors (Lipinski definition) is 4. The highest BCUT2D eigenvalue weighted by Crippen LogP contribution is 2.38. The summed E-state index contributed by atoms with van der Waals surface area (Å²) < 4.78 is 0. The van der Waals surface area contributed by atoms with Crippen LogP contribution in [-0.2, 0) is 4.79 Å². The average molecular weight is 296 g/mol. The Morgan fingerprint density at radius 1 is 1.47 bits per heavy atom. The zero-order valence-electron chi connectivity index (χ0n) is 10.4. The predicted octanol–water partition coefficient (Wildman–Crippen LogP) is 2.13. The van der Waals surface area contributed by atoms with Crippen molar-refractivity contribution in [1.29, 1.82) is 0 Å². The second-order valence-corrected chi connectivity index (χ2v) is 5.92. The molecule has 0 fully saturated rings. The largest absolute Gasteiger partial charge is 0.363 e. The van der Waals surface area contributed by atoms with E-state index in [-0.39, 0.29) is 11.4 Å². The zero-order valence-corrected chi connectivity index (χ0v) is 12.0. The molecule has 4 nitrogen and oxygen atoms in total. The summed E-state index contributed by atoms with van der Waals surface area (Å²) >= 11 is 7.71. The molecule has 3 rings (SSSR count). The van der Waals surface area contributed by atoms with Gasteiger partial charge in [-0.1, -0.05) is 35.5 Å². The number of carbonyl (C=O) groups excluding carboxylic acids is 1. The van der Waals surface area contributed by atoms with Crippen molar-refractivity contribution in [2.45, 2.75) is 11.9 Å². The van der Waals surface area contributed by atoms with Crippen molar-refractivity contribution in [1.82, 2.24) is 10.6 Å². The number of halogens is 1. The van der Waals surface area contributed by atoms with E-state index in [2.05, 4.69) is 10.6 Å². The summed E-state index contributed by atoms with van der Waals surface area (Å²) in [4.78, 5) is 15.1. The van der Waals surface area contributed by atoms with Crippen molar-refractivity contribution in [2.75, 3.05) is 18.5 Å². The van der Waals surface area contributed by atoms with Gasteiger partial charge in [0.15, 0.2) is 0 Å². The number of nitrogens with zero attached hydrogens (tertiary/aromatic N) is 1. The van der Waals surface area contributed by atoms with Crippen LogP contribution < -0.4 is 15.5 Å². The number of carbonyl (C=O) groups is 1. The number of para-hydroxylation sites is 1. The number of benzene rings is 1. The summed E-state index contributed by atoms with van der Waals surface area (Å²) in [5.41, 5.74) is 1.91. The Bertz CT molecular complexity index is 561. The third kappa shape index (κ3) is 2.22. The molecular weight excluding hydrogens is 282 g/mol. The molecule has 0 saturated carbocycles. The SMILES string of the molecule is CNC1NC2=C(S1)C(=O)N(c1ccccc1Cl)CC2. The standard InChI is InChI=1S/C13H14ClN3OS/c1-15-13-16-9-6-7-17(12(18)11(9)19-13)10-5-3-2-4-8(10)14/h2-5,13,15-16H,6-7H2,1H3. The molecule has 0 aliphatic carbocycles. The summed E-state index contributed by atoms with van der Waals surface area (Å²) in [5, 5.41) is 7.04. The molecular formula is C13H14ClN3OS. The molecule has 0 bridgehead atoms. The van der Waals surface area contributed by atoms with Gasteiger partial charge in [0.1, 0.15) is 5.50 Å². The van der Waals surface area contributed by atoms with Crippen LogP contribution in [0.5, 0.6) is 0 Å². The summed E-state index contributed by atoms with van der Waals surface area (Å²) in [6, 6.07) is 7.46. The van der Waals surface area contributed by atoms with Crippen LogP contribution in [-0.4, -0.2) is 25.0 Å². The van der Waals surface area contributed by atoms with Gasteiger partial charge in [0.25, 0.3) is 5.91 Å². The Kier molecular flexibility index (Phi) is 3.43. The van der Waals surface area contributed by atoms with Gasteiger partial charge < -0.3 is 10.2 Å². The monoisotopic (exact) mass is 295 g/mol. The van der Waals surface area contributed by atoms with Crippen LogP contribution in [0.3, 0.4) is 0 Å². The van der Waals surface area contributed by atoms with Gasteiger partial charge in [0.05, 0.1) is 15.6 Å². The Labute approximate surface area is 121 Å². The van der Waals surface area contributed by atoms with Gasteiger partial charge >= 0.3 is 0 Å². The molecule has 2 aliphatic rings. The Balaban J connectivity index is 1.89. The highest BCUT2D eigenvalue weighted by Gasteiger charge is 2.35. The minimum atomic E-state index is 0.0320. The quantitative estimate of drug-likeness (QED) is 0.877. The molecule has 1 atom stereocenters. The second kappa shape index (κ2) is 5.07. The van der Waals surface area contributed by atoms with Crippen LogP contribution in [0.25, 0.3) is 0 Å². The molecule has 1 unspecified atom stereocenters. The molecule has 1 aromatic rings. The fourth-order valence-corrected chi connectivity index (χ4v) is 3.59. The van der Waals surface area contributed by atoms with Crippen LogP contribution in [0.1, 0.15) is 6.42 Å². The molecule has 6 heteroatoms. The van der Waals surface area contributed by atoms with Gasteiger partial charge in [-0.25, -0.2) is 0 Å². The predicted molar refractivity (Wildman–Crippen MR) is 79.0 cm³/mol. The fraction of sp³-hybridized carbons (Fsp3) is 0.308. The van der Waals surface area contributed by atoms with Crippen molar-refractivity contribution < 1.29 is 4.79 Å². The molecule has 2 heterocycles. The summed E-state index contributed by atoms with van der Waals surface area (Å²) in [6.07, 6.45) is 0.831. The molecule has 0 saturated heterocycles. The third-order valence-corrected chi connectivity index (χ3v) is 4.81. The van der Waals surface area contributed by atoms with E-state index < -0.39 is 0 Å². The Hall–Kier alpha value is -1.17. The Morgan fingerprint density at radius 3 is 3.00 bits per heavy atom. The highest BCUT2D eigenvalue weighted by molar-refractivity contribution is 8.04. The highest BCUT2D eigenvalue weighted by atomic mass is 35.5. The van der Waals surface area contributed by atoms with Crippen molar-refractivity contribution in [3.63, 3.8) is 0 Å². The summed E-state index contributed by atoms with van der Waals surface area (Å²) in [5.74, 6) is 0.0320. The van der Waals surface area contributed by atoms with Gasteiger partial charge in [-0.2, -0.15) is 0 Å².